The van der Waals surface area contributed by atoms with E-state index >= 15 is 0 Å². The normalized spacial score (nSPS) is 10.3. The van der Waals surface area contributed by atoms with Gasteiger partial charge in [0.05, 0.1) is 18.5 Å². The van der Waals surface area contributed by atoms with Gasteiger partial charge in [-0.05, 0) is 31.5 Å². The summed E-state index contributed by atoms with van der Waals surface area (Å²) in [6, 6.07) is 8.91. The minimum atomic E-state index is -0.0475. The molecule has 0 atom stereocenters. The molecule has 0 bridgehead atoms. The lowest BCUT2D eigenvalue weighted by molar-refractivity contribution is 0.103. The molecule has 0 spiro atoms. The van der Waals surface area contributed by atoms with Gasteiger partial charge in [0.15, 0.2) is 5.78 Å². The average Bonchev–Trinajstić information content (AvgIpc) is 2.46. The molecule has 4 nitrogen and oxygen atoms in total. The second kappa shape index (κ2) is 5.61. The van der Waals surface area contributed by atoms with Crippen molar-refractivity contribution in [2.24, 2.45) is 0 Å². The van der Waals surface area contributed by atoms with Gasteiger partial charge in [-0.2, -0.15) is 10.2 Å². The van der Waals surface area contributed by atoms with Gasteiger partial charge < -0.3 is 4.74 Å². The van der Waals surface area contributed by atoms with E-state index in [2.05, 4.69) is 10.2 Å². The fraction of sp³-hybridized carbons (Fsp3) is 0.267. The number of nitrogens with zero attached hydrogens (tertiary/aromatic N) is 2. The van der Waals surface area contributed by atoms with Crippen LogP contribution in [0.4, 0.5) is 0 Å². The van der Waals surface area contributed by atoms with Crippen LogP contribution < -0.4 is 4.74 Å². The molecule has 4 heteroatoms. The van der Waals surface area contributed by atoms with Crippen molar-refractivity contribution < 1.29 is 9.53 Å². The van der Waals surface area contributed by atoms with Crippen LogP contribution in [-0.4, -0.2) is 23.1 Å². The zero-order chi connectivity index (χ0) is 13.8. The van der Waals surface area contributed by atoms with Crippen LogP contribution in [0.2, 0.25) is 0 Å². The lowest BCUT2D eigenvalue weighted by atomic mass is 10.0. The predicted molar refractivity (Wildman–Crippen MR) is 72.6 cm³/mol. The van der Waals surface area contributed by atoms with Crippen LogP contribution in [0.15, 0.2) is 30.3 Å². The number of hydrogen-bond acceptors (Lipinski definition) is 4. The second-order valence-electron chi connectivity index (χ2n) is 4.26. The molecular formula is C15H16N2O2. The summed E-state index contributed by atoms with van der Waals surface area (Å²) in [5.74, 6) is 0.622. The van der Waals surface area contributed by atoms with Crippen LogP contribution in [0.1, 0.15) is 34.2 Å². The van der Waals surface area contributed by atoms with Crippen molar-refractivity contribution in [2.75, 3.05) is 7.11 Å². The summed E-state index contributed by atoms with van der Waals surface area (Å²) >= 11 is 0. The maximum Gasteiger partial charge on any atom is 0.195 e. The number of benzene rings is 1. The number of ketones is 1. The van der Waals surface area contributed by atoms with E-state index in [1.165, 1.54) is 0 Å². The van der Waals surface area contributed by atoms with E-state index in [1.807, 2.05) is 19.9 Å². The van der Waals surface area contributed by atoms with Crippen LogP contribution >= 0.6 is 0 Å². The highest BCUT2D eigenvalue weighted by Crippen LogP contribution is 2.18. The van der Waals surface area contributed by atoms with Crippen LogP contribution in [0.3, 0.4) is 0 Å². The quantitative estimate of drug-likeness (QED) is 0.789. The number of aromatic nitrogens is 2. The van der Waals surface area contributed by atoms with Crippen molar-refractivity contribution in [1.82, 2.24) is 10.2 Å². The van der Waals surface area contributed by atoms with Crippen LogP contribution in [0.5, 0.6) is 5.75 Å². The summed E-state index contributed by atoms with van der Waals surface area (Å²) in [6.07, 6.45) is 0.679. The first-order valence-corrected chi connectivity index (χ1v) is 6.17. The first-order chi connectivity index (χ1) is 9.15. The number of hydrogen-bond donors (Lipinski definition) is 0. The van der Waals surface area contributed by atoms with Crippen LogP contribution in [0.25, 0.3) is 0 Å². The highest BCUT2D eigenvalue weighted by atomic mass is 16.5. The summed E-state index contributed by atoms with van der Waals surface area (Å²) in [4.78, 5) is 12.5. The fourth-order valence-corrected chi connectivity index (χ4v) is 1.89. The van der Waals surface area contributed by atoms with E-state index in [9.17, 15) is 4.79 Å². The van der Waals surface area contributed by atoms with Gasteiger partial charge in [-0.15, -0.1) is 0 Å². The van der Waals surface area contributed by atoms with Crippen molar-refractivity contribution >= 4 is 5.78 Å². The lowest BCUT2D eigenvalue weighted by Gasteiger charge is -2.07. The van der Waals surface area contributed by atoms with Gasteiger partial charge in [-0.25, -0.2) is 0 Å². The summed E-state index contributed by atoms with van der Waals surface area (Å²) < 4.78 is 5.14. The third kappa shape index (κ3) is 2.78. The largest absolute Gasteiger partial charge is 0.497 e. The minimum absolute atomic E-state index is 0.0475. The first-order valence-electron chi connectivity index (χ1n) is 6.17. The van der Waals surface area contributed by atoms with E-state index in [1.54, 1.807) is 31.4 Å². The van der Waals surface area contributed by atoms with Crippen molar-refractivity contribution in [3.63, 3.8) is 0 Å². The molecule has 0 saturated heterocycles. The van der Waals surface area contributed by atoms with Gasteiger partial charge in [0.25, 0.3) is 0 Å². The second-order valence-corrected chi connectivity index (χ2v) is 4.26. The Hall–Kier alpha value is -2.23. The van der Waals surface area contributed by atoms with Gasteiger partial charge in [-0.1, -0.05) is 19.1 Å². The van der Waals surface area contributed by atoms with Crippen molar-refractivity contribution in [2.45, 2.75) is 20.3 Å². The van der Waals surface area contributed by atoms with Crippen molar-refractivity contribution in [3.8, 4) is 5.75 Å². The first kappa shape index (κ1) is 13.2. The molecule has 0 amide bonds. The smallest absolute Gasteiger partial charge is 0.195 e. The van der Waals surface area contributed by atoms with Crippen molar-refractivity contribution in [1.29, 1.82) is 0 Å². The Morgan fingerprint density at radius 1 is 1.26 bits per heavy atom. The zero-order valence-corrected chi connectivity index (χ0v) is 11.3. The Kier molecular flexibility index (Phi) is 3.90. The summed E-state index contributed by atoms with van der Waals surface area (Å²) in [6.45, 7) is 3.79. The zero-order valence-electron chi connectivity index (χ0n) is 11.3. The molecule has 98 valence electrons. The molecule has 19 heavy (non-hydrogen) atoms. The van der Waals surface area contributed by atoms with Gasteiger partial charge in [-0.3, -0.25) is 4.79 Å². The molecule has 0 fully saturated rings. The molecule has 0 N–H and O–H groups in total. The van der Waals surface area contributed by atoms with E-state index in [-0.39, 0.29) is 5.78 Å². The molecule has 0 radical (unpaired) electrons. The fourth-order valence-electron chi connectivity index (χ4n) is 1.89. The summed E-state index contributed by atoms with van der Waals surface area (Å²) in [7, 11) is 1.58. The topological polar surface area (TPSA) is 52.1 Å². The molecule has 0 aliphatic carbocycles. The molecule has 0 unspecified atom stereocenters. The summed E-state index contributed by atoms with van der Waals surface area (Å²) in [5.41, 5.74) is 2.67. The van der Waals surface area contributed by atoms with Crippen LogP contribution in [0, 0.1) is 6.92 Å². The number of aryl methyl sites for hydroxylation is 2. The Bertz CT molecular complexity index is 609. The number of carbonyl (C=O) groups is 1. The lowest BCUT2D eigenvalue weighted by Crippen LogP contribution is -2.09. The molecule has 0 aliphatic heterocycles. The molecule has 1 heterocycles. The molecular weight excluding hydrogens is 240 g/mol. The van der Waals surface area contributed by atoms with E-state index in [0.29, 0.717) is 23.3 Å². The molecule has 1 aromatic carbocycles. The third-order valence-electron chi connectivity index (χ3n) is 2.90. The minimum Gasteiger partial charge on any atom is -0.497 e. The molecule has 2 aromatic rings. The Labute approximate surface area is 112 Å². The maximum atomic E-state index is 12.5. The van der Waals surface area contributed by atoms with Gasteiger partial charge in [0, 0.05) is 11.1 Å². The highest BCUT2D eigenvalue weighted by molar-refractivity contribution is 6.09. The Morgan fingerprint density at radius 3 is 2.74 bits per heavy atom. The van der Waals surface area contributed by atoms with E-state index in [0.717, 1.165) is 11.4 Å². The number of carbonyl (C=O) groups excluding carboxylic acids is 1. The molecule has 0 saturated carbocycles. The van der Waals surface area contributed by atoms with E-state index < -0.39 is 0 Å². The average molecular weight is 256 g/mol. The number of methoxy groups -OCH3 is 1. The highest BCUT2D eigenvalue weighted by Gasteiger charge is 2.15. The SMILES string of the molecule is CCc1nnc(C)cc1C(=O)c1cccc(OC)c1. The third-order valence-corrected chi connectivity index (χ3v) is 2.90. The van der Waals surface area contributed by atoms with E-state index in [4.69, 9.17) is 4.74 Å². The molecule has 1 aromatic heterocycles. The maximum absolute atomic E-state index is 12.5. The standard InChI is InChI=1S/C15H16N2O2/c1-4-14-13(8-10(2)16-17-14)15(18)11-6-5-7-12(9-11)19-3/h5-9H,4H2,1-3H3. The molecule has 0 aliphatic rings. The predicted octanol–water partition coefficient (Wildman–Crippen LogP) is 2.59. The molecule has 2 rings (SSSR count). The van der Waals surface area contributed by atoms with Gasteiger partial charge >= 0.3 is 0 Å². The Morgan fingerprint density at radius 2 is 2.05 bits per heavy atom. The summed E-state index contributed by atoms with van der Waals surface area (Å²) in [5, 5.41) is 8.08. The van der Waals surface area contributed by atoms with Gasteiger partial charge in [0.2, 0.25) is 0 Å². The number of ether oxygens (including phenoxy) is 1. The Balaban J connectivity index is 2.46. The van der Waals surface area contributed by atoms with Crippen molar-refractivity contribution in [3.05, 3.63) is 52.8 Å². The van der Waals surface area contributed by atoms with Gasteiger partial charge in [0.1, 0.15) is 5.75 Å². The van der Waals surface area contributed by atoms with Crippen LogP contribution in [-0.2, 0) is 6.42 Å². The monoisotopic (exact) mass is 256 g/mol. The number of rotatable bonds is 4.